The summed E-state index contributed by atoms with van der Waals surface area (Å²) in [4.78, 5) is 0. The van der Waals surface area contributed by atoms with Crippen molar-refractivity contribution < 1.29 is 0 Å². The minimum atomic E-state index is 0.724. The predicted molar refractivity (Wildman–Crippen MR) is 74.5 cm³/mol. The minimum Gasteiger partial charge on any atom is -0.345 e. The zero-order valence-corrected chi connectivity index (χ0v) is 11.1. The van der Waals surface area contributed by atoms with E-state index in [0.29, 0.717) is 0 Å². The molecule has 0 saturated heterocycles. The van der Waals surface area contributed by atoms with E-state index in [1.807, 2.05) is 0 Å². The number of benzene rings is 1. The van der Waals surface area contributed by atoms with Crippen molar-refractivity contribution in [2.24, 2.45) is 5.73 Å². The molecule has 1 aromatic heterocycles. The van der Waals surface area contributed by atoms with Crippen molar-refractivity contribution in [3.63, 3.8) is 0 Å². The van der Waals surface area contributed by atoms with E-state index in [2.05, 4.69) is 43.5 Å². The Morgan fingerprint density at radius 1 is 1.24 bits per heavy atom. The lowest BCUT2D eigenvalue weighted by Crippen LogP contribution is -2.05. The average molecular weight is 230 g/mol. The van der Waals surface area contributed by atoms with Gasteiger partial charge in [-0.05, 0) is 50.4 Å². The molecule has 0 saturated carbocycles. The highest BCUT2D eigenvalue weighted by atomic mass is 15.0. The number of nitrogens with two attached hydrogens (primary N) is 1. The second-order valence-corrected chi connectivity index (χ2v) is 4.51. The summed E-state index contributed by atoms with van der Waals surface area (Å²) in [5, 5.41) is 1.44. The number of aryl methyl sites for hydroxylation is 2. The molecule has 1 heterocycles. The summed E-state index contributed by atoms with van der Waals surface area (Å²) in [7, 11) is 0. The topological polar surface area (TPSA) is 30.9 Å². The molecule has 2 heteroatoms. The number of fused-ring (bicyclic) bond motifs is 1. The van der Waals surface area contributed by atoms with E-state index in [1.165, 1.54) is 27.7 Å². The van der Waals surface area contributed by atoms with Crippen LogP contribution in [0.25, 0.3) is 10.9 Å². The lowest BCUT2D eigenvalue weighted by molar-refractivity contribution is 0.760. The summed E-state index contributed by atoms with van der Waals surface area (Å²) in [6, 6.07) is 6.63. The molecule has 2 nitrogen and oxygen atoms in total. The molecular weight excluding hydrogens is 208 g/mol. The van der Waals surface area contributed by atoms with E-state index in [1.54, 1.807) is 0 Å². The fraction of sp³-hybridized carbons (Fsp3) is 0.467. The van der Waals surface area contributed by atoms with Crippen molar-refractivity contribution >= 4 is 10.9 Å². The second-order valence-electron chi connectivity index (χ2n) is 4.51. The molecule has 2 N–H and O–H groups in total. The van der Waals surface area contributed by atoms with Crippen LogP contribution in [0.1, 0.15) is 30.7 Å². The normalized spacial score (nSPS) is 11.3. The zero-order chi connectivity index (χ0) is 12.4. The van der Waals surface area contributed by atoms with Gasteiger partial charge in [0.1, 0.15) is 0 Å². The summed E-state index contributed by atoms with van der Waals surface area (Å²) in [6.45, 7) is 8.40. The first-order valence-electron chi connectivity index (χ1n) is 6.54. The summed E-state index contributed by atoms with van der Waals surface area (Å²) < 4.78 is 2.40. The van der Waals surface area contributed by atoms with Gasteiger partial charge in [-0.2, -0.15) is 0 Å². The molecule has 0 radical (unpaired) electrons. The van der Waals surface area contributed by atoms with E-state index in [9.17, 15) is 0 Å². The van der Waals surface area contributed by atoms with Crippen LogP contribution in [-0.2, 0) is 19.4 Å². The van der Waals surface area contributed by atoms with Gasteiger partial charge in [0.15, 0.2) is 0 Å². The fourth-order valence-electron chi connectivity index (χ4n) is 2.84. The smallest absolute Gasteiger partial charge is 0.0487 e. The molecule has 2 rings (SSSR count). The highest BCUT2D eigenvalue weighted by molar-refractivity contribution is 5.88. The van der Waals surface area contributed by atoms with Gasteiger partial charge in [-0.1, -0.05) is 19.1 Å². The Labute approximate surface area is 103 Å². The Bertz CT molecular complexity index is 523. The Balaban J connectivity index is 2.80. The maximum absolute atomic E-state index is 5.75. The molecule has 1 aromatic carbocycles. The van der Waals surface area contributed by atoms with Gasteiger partial charge in [-0.25, -0.2) is 0 Å². The van der Waals surface area contributed by atoms with E-state index >= 15 is 0 Å². The largest absolute Gasteiger partial charge is 0.345 e. The first kappa shape index (κ1) is 12.2. The van der Waals surface area contributed by atoms with Crippen LogP contribution < -0.4 is 5.73 Å². The number of rotatable bonds is 4. The van der Waals surface area contributed by atoms with Crippen LogP contribution in [-0.4, -0.2) is 11.1 Å². The van der Waals surface area contributed by atoms with E-state index in [-0.39, 0.29) is 0 Å². The summed E-state index contributed by atoms with van der Waals surface area (Å²) in [5.74, 6) is 0. The highest BCUT2D eigenvalue weighted by Gasteiger charge is 2.14. The molecule has 0 amide bonds. The van der Waals surface area contributed by atoms with Gasteiger partial charge in [-0.3, -0.25) is 0 Å². The highest BCUT2D eigenvalue weighted by Crippen LogP contribution is 2.29. The van der Waals surface area contributed by atoms with Crippen LogP contribution in [0.3, 0.4) is 0 Å². The summed E-state index contributed by atoms with van der Waals surface area (Å²) >= 11 is 0. The van der Waals surface area contributed by atoms with Crippen LogP contribution in [0.2, 0.25) is 0 Å². The molecule has 0 bridgehead atoms. The van der Waals surface area contributed by atoms with Crippen LogP contribution in [0, 0.1) is 6.92 Å². The molecule has 0 atom stereocenters. The third-order valence-electron chi connectivity index (χ3n) is 3.65. The monoisotopic (exact) mass is 230 g/mol. The van der Waals surface area contributed by atoms with E-state index < -0.39 is 0 Å². The maximum Gasteiger partial charge on any atom is 0.0487 e. The van der Waals surface area contributed by atoms with Crippen LogP contribution in [0.4, 0.5) is 0 Å². The molecular formula is C15H22N2. The lowest BCUT2D eigenvalue weighted by Gasteiger charge is -2.04. The zero-order valence-electron chi connectivity index (χ0n) is 11.1. The Kier molecular flexibility index (Phi) is 3.53. The summed E-state index contributed by atoms with van der Waals surface area (Å²) in [5.41, 5.74) is 11.4. The third kappa shape index (κ3) is 1.87. The number of nitrogens with zero attached hydrogens (tertiary/aromatic N) is 1. The van der Waals surface area contributed by atoms with Crippen molar-refractivity contribution in [1.82, 2.24) is 4.57 Å². The molecule has 2 aromatic rings. The second kappa shape index (κ2) is 4.92. The average Bonchev–Trinajstić information content (AvgIpc) is 2.62. The maximum atomic E-state index is 5.75. The summed E-state index contributed by atoms with van der Waals surface area (Å²) in [6.07, 6.45) is 2.06. The van der Waals surface area contributed by atoms with E-state index in [4.69, 9.17) is 5.73 Å². The van der Waals surface area contributed by atoms with Gasteiger partial charge in [-0.15, -0.1) is 0 Å². The fourth-order valence-corrected chi connectivity index (χ4v) is 2.84. The molecule has 92 valence electrons. The lowest BCUT2D eigenvalue weighted by atomic mass is 10.0. The Hall–Kier alpha value is -1.28. The molecule has 0 spiro atoms. The molecule has 0 aliphatic rings. The quantitative estimate of drug-likeness (QED) is 0.860. The van der Waals surface area contributed by atoms with Crippen LogP contribution >= 0.6 is 0 Å². The van der Waals surface area contributed by atoms with Gasteiger partial charge < -0.3 is 10.3 Å². The van der Waals surface area contributed by atoms with Gasteiger partial charge in [0.25, 0.3) is 0 Å². The van der Waals surface area contributed by atoms with Gasteiger partial charge in [0, 0.05) is 23.1 Å². The first-order chi connectivity index (χ1) is 8.24. The third-order valence-corrected chi connectivity index (χ3v) is 3.65. The van der Waals surface area contributed by atoms with Crippen molar-refractivity contribution in [1.29, 1.82) is 0 Å². The van der Waals surface area contributed by atoms with Crippen molar-refractivity contribution in [2.75, 3.05) is 6.54 Å². The molecule has 17 heavy (non-hydrogen) atoms. The minimum absolute atomic E-state index is 0.724. The Morgan fingerprint density at radius 2 is 2.00 bits per heavy atom. The number of hydrogen-bond donors (Lipinski definition) is 1. The molecule has 0 fully saturated rings. The molecule has 0 unspecified atom stereocenters. The number of hydrogen-bond acceptors (Lipinski definition) is 1. The van der Waals surface area contributed by atoms with Gasteiger partial charge in [0.2, 0.25) is 0 Å². The van der Waals surface area contributed by atoms with E-state index in [0.717, 1.165) is 25.9 Å². The number of aromatic nitrogens is 1. The van der Waals surface area contributed by atoms with Crippen LogP contribution in [0.5, 0.6) is 0 Å². The van der Waals surface area contributed by atoms with Crippen molar-refractivity contribution in [3.05, 3.63) is 35.0 Å². The van der Waals surface area contributed by atoms with Crippen molar-refractivity contribution in [3.8, 4) is 0 Å². The standard InChI is InChI=1S/C15H22N2/c1-4-12-7-6-8-14-15(12)13(9-10-16)11(3)17(14)5-2/h6-8H,4-5,9-10,16H2,1-3H3. The molecule has 0 aliphatic carbocycles. The predicted octanol–water partition coefficient (Wildman–Crippen LogP) is 3.03. The van der Waals surface area contributed by atoms with Crippen LogP contribution in [0.15, 0.2) is 18.2 Å². The SMILES string of the molecule is CCc1cccc2c1c(CCN)c(C)n2CC. The molecule has 0 aliphatic heterocycles. The van der Waals surface area contributed by atoms with Gasteiger partial charge in [0.05, 0.1) is 0 Å². The first-order valence-corrected chi connectivity index (χ1v) is 6.54. The van der Waals surface area contributed by atoms with Gasteiger partial charge >= 0.3 is 0 Å². The van der Waals surface area contributed by atoms with Crippen molar-refractivity contribution in [2.45, 2.75) is 40.2 Å². The Morgan fingerprint density at radius 3 is 2.59 bits per heavy atom.